The van der Waals surface area contributed by atoms with E-state index in [0.29, 0.717) is 17.1 Å². The number of rotatable bonds is 4. The van der Waals surface area contributed by atoms with Crippen molar-refractivity contribution in [2.24, 2.45) is 5.73 Å². The molecule has 1 heterocycles. The van der Waals surface area contributed by atoms with Crippen LogP contribution in [-0.2, 0) is 0 Å². The number of fused-ring (bicyclic) bond motifs is 1. The molecule has 0 aliphatic carbocycles. The van der Waals surface area contributed by atoms with Crippen LogP contribution in [0.25, 0.3) is 10.1 Å². The molecule has 2 aromatic rings. The zero-order chi connectivity index (χ0) is 14.7. The molecule has 3 amide bonds. The number of benzene rings is 1. The lowest BCUT2D eigenvalue weighted by atomic mass is 10.1. The fourth-order valence-corrected chi connectivity index (χ4v) is 3.00. The molecule has 0 radical (unpaired) electrons. The normalized spacial score (nSPS) is 10.4. The smallest absolute Gasteiger partial charge is 0.312 e. The van der Waals surface area contributed by atoms with Crippen LogP contribution in [0.3, 0.4) is 0 Å². The summed E-state index contributed by atoms with van der Waals surface area (Å²) in [5, 5.41) is 5.99. The first kappa shape index (κ1) is 14.1. The van der Waals surface area contributed by atoms with Crippen LogP contribution in [0.2, 0.25) is 0 Å². The number of carbonyl (C=O) groups is 2. The topological polar surface area (TPSA) is 110 Å². The molecule has 0 saturated heterocycles. The highest BCUT2D eigenvalue weighted by molar-refractivity contribution is 7.21. The van der Waals surface area contributed by atoms with Gasteiger partial charge in [-0.2, -0.15) is 0 Å². The number of urea groups is 1. The molecule has 7 heteroatoms. The van der Waals surface area contributed by atoms with E-state index in [4.69, 9.17) is 11.5 Å². The van der Waals surface area contributed by atoms with Gasteiger partial charge >= 0.3 is 6.03 Å². The van der Waals surface area contributed by atoms with Crippen molar-refractivity contribution in [2.45, 2.75) is 6.92 Å². The van der Waals surface area contributed by atoms with Gasteiger partial charge in [0.05, 0.1) is 5.69 Å². The minimum absolute atomic E-state index is 0.241. The fraction of sp³-hybridized carbons (Fsp3) is 0.231. The second-order valence-electron chi connectivity index (χ2n) is 4.34. The van der Waals surface area contributed by atoms with Gasteiger partial charge in [0.15, 0.2) is 0 Å². The first-order chi connectivity index (χ1) is 9.50. The molecule has 0 atom stereocenters. The number of nitrogen functional groups attached to an aromatic ring is 1. The van der Waals surface area contributed by atoms with E-state index in [-0.39, 0.29) is 12.5 Å². The molecule has 0 aliphatic rings. The van der Waals surface area contributed by atoms with E-state index in [2.05, 4.69) is 10.6 Å². The Labute approximate surface area is 120 Å². The molecule has 0 aliphatic heterocycles. The minimum atomic E-state index is -0.615. The van der Waals surface area contributed by atoms with Gasteiger partial charge in [0.1, 0.15) is 4.88 Å². The number of amides is 3. The maximum atomic E-state index is 12.1. The summed E-state index contributed by atoms with van der Waals surface area (Å²) in [6.45, 7) is 2.57. The Bertz CT molecular complexity index is 666. The average molecular weight is 292 g/mol. The zero-order valence-electron chi connectivity index (χ0n) is 11.0. The predicted molar refractivity (Wildman–Crippen MR) is 80.9 cm³/mol. The molecule has 0 saturated carbocycles. The van der Waals surface area contributed by atoms with Crippen molar-refractivity contribution < 1.29 is 9.59 Å². The molecule has 0 fully saturated rings. The highest BCUT2D eigenvalue weighted by Crippen LogP contribution is 2.35. The highest BCUT2D eigenvalue weighted by Gasteiger charge is 2.16. The van der Waals surface area contributed by atoms with Crippen molar-refractivity contribution >= 4 is 39.0 Å². The van der Waals surface area contributed by atoms with Crippen molar-refractivity contribution in [3.8, 4) is 0 Å². The van der Waals surface area contributed by atoms with E-state index in [1.54, 1.807) is 0 Å². The van der Waals surface area contributed by atoms with Crippen LogP contribution >= 0.6 is 11.3 Å². The number of nitrogens with two attached hydrogens (primary N) is 2. The lowest BCUT2D eigenvalue weighted by Gasteiger charge is -2.04. The number of nitrogens with one attached hydrogen (secondary N) is 2. The Hall–Kier alpha value is -2.28. The summed E-state index contributed by atoms with van der Waals surface area (Å²) < 4.78 is 1.02. The molecular weight excluding hydrogens is 276 g/mol. The third-order valence-corrected chi connectivity index (χ3v) is 4.22. The maximum absolute atomic E-state index is 12.1. The van der Waals surface area contributed by atoms with Crippen molar-refractivity contribution in [1.29, 1.82) is 0 Å². The second kappa shape index (κ2) is 5.79. The van der Waals surface area contributed by atoms with E-state index in [1.807, 2.05) is 25.1 Å². The summed E-state index contributed by atoms with van der Waals surface area (Å²) in [6.07, 6.45) is 0. The van der Waals surface area contributed by atoms with Gasteiger partial charge in [-0.1, -0.05) is 18.2 Å². The molecule has 2 rings (SSSR count). The first-order valence-corrected chi connectivity index (χ1v) is 6.91. The lowest BCUT2D eigenvalue weighted by Crippen LogP contribution is -2.37. The standard InChI is InChI=1S/C13H16N4O2S/c1-7-3-2-4-8-9(14)11(20-10(7)8)12(18)16-5-6-17-13(15)19/h2-4H,5-6,14H2,1H3,(H,16,18)(H3,15,17,19). The molecule has 6 N–H and O–H groups in total. The van der Waals surface area contributed by atoms with Crippen molar-refractivity contribution in [3.05, 3.63) is 28.6 Å². The van der Waals surface area contributed by atoms with Gasteiger partial charge in [0.2, 0.25) is 0 Å². The van der Waals surface area contributed by atoms with E-state index in [9.17, 15) is 9.59 Å². The van der Waals surface area contributed by atoms with Gasteiger partial charge in [-0.25, -0.2) is 4.79 Å². The maximum Gasteiger partial charge on any atom is 0.312 e. The monoisotopic (exact) mass is 292 g/mol. The summed E-state index contributed by atoms with van der Waals surface area (Å²) in [4.78, 5) is 23.1. The molecular formula is C13H16N4O2S. The van der Waals surface area contributed by atoms with E-state index in [1.165, 1.54) is 11.3 Å². The third-order valence-electron chi connectivity index (χ3n) is 2.87. The van der Waals surface area contributed by atoms with Crippen LogP contribution in [0.4, 0.5) is 10.5 Å². The number of thiophene rings is 1. The van der Waals surface area contributed by atoms with Crippen molar-refractivity contribution in [1.82, 2.24) is 10.6 Å². The Balaban J connectivity index is 2.12. The van der Waals surface area contributed by atoms with E-state index in [0.717, 1.165) is 15.6 Å². The van der Waals surface area contributed by atoms with E-state index < -0.39 is 6.03 Å². The summed E-state index contributed by atoms with van der Waals surface area (Å²) in [5.74, 6) is -0.241. The number of hydrogen-bond donors (Lipinski definition) is 4. The molecule has 1 aromatic carbocycles. The average Bonchev–Trinajstić information content (AvgIpc) is 2.74. The van der Waals surface area contributed by atoms with Crippen molar-refractivity contribution in [2.75, 3.05) is 18.8 Å². The highest BCUT2D eigenvalue weighted by atomic mass is 32.1. The Kier molecular flexibility index (Phi) is 4.09. The Morgan fingerprint density at radius 3 is 2.60 bits per heavy atom. The van der Waals surface area contributed by atoms with Gasteiger partial charge in [-0.3, -0.25) is 4.79 Å². The molecule has 6 nitrogen and oxygen atoms in total. The Morgan fingerprint density at radius 1 is 1.25 bits per heavy atom. The van der Waals surface area contributed by atoms with Crippen LogP contribution in [0, 0.1) is 6.92 Å². The van der Waals surface area contributed by atoms with Crippen molar-refractivity contribution in [3.63, 3.8) is 0 Å². The summed E-state index contributed by atoms with van der Waals surface area (Å²) in [6, 6.07) is 5.19. The second-order valence-corrected chi connectivity index (χ2v) is 5.36. The van der Waals surface area contributed by atoms with Gasteiger partial charge < -0.3 is 22.1 Å². The number of aryl methyl sites for hydroxylation is 1. The zero-order valence-corrected chi connectivity index (χ0v) is 11.8. The molecule has 0 bridgehead atoms. The van der Waals surface area contributed by atoms with Gasteiger partial charge in [-0.15, -0.1) is 11.3 Å². The van der Waals surface area contributed by atoms with Crippen LogP contribution in [0.5, 0.6) is 0 Å². The number of anilines is 1. The molecule has 1 aromatic heterocycles. The minimum Gasteiger partial charge on any atom is -0.397 e. The fourth-order valence-electron chi connectivity index (χ4n) is 1.89. The third kappa shape index (κ3) is 2.83. The quantitative estimate of drug-likeness (QED) is 0.635. The van der Waals surface area contributed by atoms with Crippen LogP contribution in [0.15, 0.2) is 18.2 Å². The van der Waals surface area contributed by atoms with Gasteiger partial charge in [-0.05, 0) is 12.5 Å². The summed E-state index contributed by atoms with van der Waals surface area (Å²) in [7, 11) is 0. The van der Waals surface area contributed by atoms with Crippen LogP contribution in [0.1, 0.15) is 15.2 Å². The molecule has 0 spiro atoms. The lowest BCUT2D eigenvalue weighted by molar-refractivity contribution is 0.0959. The number of carbonyl (C=O) groups excluding carboxylic acids is 2. The molecule has 0 unspecified atom stereocenters. The van der Waals surface area contributed by atoms with Gasteiger partial charge in [0.25, 0.3) is 5.91 Å². The molecule has 106 valence electrons. The first-order valence-electron chi connectivity index (χ1n) is 6.09. The number of hydrogen-bond acceptors (Lipinski definition) is 4. The predicted octanol–water partition coefficient (Wildman–Crippen LogP) is 1.19. The SMILES string of the molecule is Cc1cccc2c(N)c(C(=O)NCCNC(N)=O)sc12. The van der Waals surface area contributed by atoms with Gasteiger partial charge in [0, 0.05) is 23.2 Å². The summed E-state index contributed by atoms with van der Waals surface area (Å²) in [5.41, 5.74) is 12.5. The van der Waals surface area contributed by atoms with Crippen LogP contribution in [-0.4, -0.2) is 25.0 Å². The summed E-state index contributed by atoms with van der Waals surface area (Å²) >= 11 is 1.37. The Morgan fingerprint density at radius 2 is 1.95 bits per heavy atom. The molecule has 20 heavy (non-hydrogen) atoms. The number of primary amides is 1. The largest absolute Gasteiger partial charge is 0.397 e. The van der Waals surface area contributed by atoms with Crippen LogP contribution < -0.4 is 22.1 Å². The van der Waals surface area contributed by atoms with E-state index >= 15 is 0 Å².